The highest BCUT2D eigenvalue weighted by molar-refractivity contribution is 5.80. The number of aliphatic imine (C=N–C) groups is 1. The van der Waals surface area contributed by atoms with E-state index in [-0.39, 0.29) is 6.10 Å². The number of nitrogens with one attached hydrogen (secondary N) is 2. The Labute approximate surface area is 186 Å². The number of anilines is 1. The summed E-state index contributed by atoms with van der Waals surface area (Å²) in [7, 11) is 1.85. The van der Waals surface area contributed by atoms with E-state index >= 15 is 0 Å². The van der Waals surface area contributed by atoms with Crippen molar-refractivity contribution in [2.24, 2.45) is 4.99 Å². The van der Waals surface area contributed by atoms with Crippen LogP contribution in [-0.2, 0) is 11.3 Å². The Hall–Kier alpha value is -2.60. The van der Waals surface area contributed by atoms with Gasteiger partial charge in [0, 0.05) is 38.9 Å². The molecule has 0 amide bonds. The minimum absolute atomic E-state index is 0.248. The number of pyridine rings is 1. The van der Waals surface area contributed by atoms with Crippen LogP contribution < -0.4 is 15.5 Å². The number of hydrogen-bond acceptors (Lipinski definition) is 4. The van der Waals surface area contributed by atoms with Gasteiger partial charge in [-0.15, -0.1) is 0 Å². The molecule has 2 aliphatic rings. The second-order valence-corrected chi connectivity index (χ2v) is 8.68. The highest BCUT2D eigenvalue weighted by Gasteiger charge is 2.23. The molecule has 166 valence electrons. The Balaban J connectivity index is 1.26. The molecule has 4 rings (SSSR count). The first-order valence-corrected chi connectivity index (χ1v) is 11.5. The SMILES string of the molecule is CN=C(NCc1ccnc(N2CCOC(C)C2)c1)NC1CCC(c2ccccc2)CC1. The van der Waals surface area contributed by atoms with E-state index in [9.17, 15) is 0 Å². The number of rotatable bonds is 5. The normalized spacial score (nSPS) is 24.6. The van der Waals surface area contributed by atoms with E-state index in [1.54, 1.807) is 0 Å². The minimum Gasteiger partial charge on any atom is -0.375 e. The van der Waals surface area contributed by atoms with Crippen molar-refractivity contribution in [3.63, 3.8) is 0 Å². The number of morpholine rings is 1. The minimum atomic E-state index is 0.248. The van der Waals surface area contributed by atoms with Gasteiger partial charge in [0.25, 0.3) is 0 Å². The quantitative estimate of drug-likeness (QED) is 0.569. The Morgan fingerprint density at radius 1 is 1.16 bits per heavy atom. The van der Waals surface area contributed by atoms with E-state index in [2.05, 4.69) is 74.9 Å². The molecule has 2 N–H and O–H groups in total. The number of guanidine groups is 1. The molecule has 0 spiro atoms. The molecule has 2 heterocycles. The molecular formula is C25H35N5O. The van der Waals surface area contributed by atoms with Crippen LogP contribution in [0.15, 0.2) is 53.7 Å². The molecule has 6 nitrogen and oxygen atoms in total. The van der Waals surface area contributed by atoms with Crippen LogP contribution in [0.3, 0.4) is 0 Å². The lowest BCUT2D eigenvalue weighted by atomic mass is 9.82. The summed E-state index contributed by atoms with van der Waals surface area (Å²) in [5.41, 5.74) is 2.69. The van der Waals surface area contributed by atoms with Crippen molar-refractivity contribution in [1.29, 1.82) is 0 Å². The molecule has 0 bridgehead atoms. The van der Waals surface area contributed by atoms with Gasteiger partial charge in [-0.3, -0.25) is 4.99 Å². The predicted molar refractivity (Wildman–Crippen MR) is 127 cm³/mol. The van der Waals surface area contributed by atoms with Gasteiger partial charge < -0.3 is 20.3 Å². The van der Waals surface area contributed by atoms with E-state index in [1.807, 2.05) is 13.2 Å². The highest BCUT2D eigenvalue weighted by Crippen LogP contribution is 2.32. The molecule has 1 aromatic heterocycles. The number of nitrogens with zero attached hydrogens (tertiary/aromatic N) is 3. The fourth-order valence-electron chi connectivity index (χ4n) is 4.64. The summed E-state index contributed by atoms with van der Waals surface area (Å²) in [5, 5.41) is 7.11. The van der Waals surface area contributed by atoms with Crippen molar-refractivity contribution in [3.05, 3.63) is 59.8 Å². The number of aromatic nitrogens is 1. The third kappa shape index (κ3) is 5.97. The summed E-state index contributed by atoms with van der Waals surface area (Å²) in [4.78, 5) is 11.3. The summed E-state index contributed by atoms with van der Waals surface area (Å²) in [6.45, 7) is 5.38. The zero-order valence-corrected chi connectivity index (χ0v) is 18.8. The zero-order chi connectivity index (χ0) is 21.5. The molecule has 1 atom stereocenters. The maximum atomic E-state index is 5.65. The van der Waals surface area contributed by atoms with Crippen molar-refractivity contribution in [1.82, 2.24) is 15.6 Å². The lowest BCUT2D eigenvalue weighted by Gasteiger charge is -2.32. The van der Waals surface area contributed by atoms with Gasteiger partial charge in [0.15, 0.2) is 5.96 Å². The Bertz CT molecular complexity index is 848. The van der Waals surface area contributed by atoms with Crippen molar-refractivity contribution >= 4 is 11.8 Å². The van der Waals surface area contributed by atoms with E-state index in [0.717, 1.165) is 38.0 Å². The van der Waals surface area contributed by atoms with Gasteiger partial charge in [-0.1, -0.05) is 30.3 Å². The molecule has 1 aromatic carbocycles. The average Bonchev–Trinajstić information content (AvgIpc) is 2.83. The van der Waals surface area contributed by atoms with Gasteiger partial charge in [0.1, 0.15) is 5.82 Å². The van der Waals surface area contributed by atoms with Crippen LogP contribution in [0.1, 0.15) is 49.7 Å². The molecule has 6 heteroatoms. The molecule has 2 aromatic rings. The third-order valence-corrected chi connectivity index (χ3v) is 6.40. The molecule has 31 heavy (non-hydrogen) atoms. The van der Waals surface area contributed by atoms with Gasteiger partial charge >= 0.3 is 0 Å². The molecule has 1 aliphatic carbocycles. The lowest BCUT2D eigenvalue weighted by Crippen LogP contribution is -2.44. The fourth-order valence-corrected chi connectivity index (χ4v) is 4.64. The molecule has 1 saturated heterocycles. The highest BCUT2D eigenvalue weighted by atomic mass is 16.5. The number of hydrogen-bond donors (Lipinski definition) is 2. The molecule has 1 saturated carbocycles. The monoisotopic (exact) mass is 421 g/mol. The van der Waals surface area contributed by atoms with Crippen LogP contribution in [0.25, 0.3) is 0 Å². The largest absolute Gasteiger partial charge is 0.375 e. The molecule has 1 unspecified atom stereocenters. The van der Waals surface area contributed by atoms with Crippen LogP contribution in [0.4, 0.5) is 5.82 Å². The first kappa shape index (κ1) is 21.6. The molecule has 2 fully saturated rings. The summed E-state index contributed by atoms with van der Waals surface area (Å²) in [6, 6.07) is 15.6. The Kier molecular flexibility index (Phi) is 7.41. The second kappa shape index (κ2) is 10.6. The van der Waals surface area contributed by atoms with Gasteiger partial charge in [0.2, 0.25) is 0 Å². The maximum absolute atomic E-state index is 5.65. The van der Waals surface area contributed by atoms with E-state index in [1.165, 1.54) is 36.8 Å². The smallest absolute Gasteiger partial charge is 0.191 e. The molecule has 1 aliphatic heterocycles. The average molecular weight is 422 g/mol. The van der Waals surface area contributed by atoms with E-state index in [4.69, 9.17) is 4.74 Å². The second-order valence-electron chi connectivity index (χ2n) is 8.68. The van der Waals surface area contributed by atoms with E-state index < -0.39 is 0 Å². The van der Waals surface area contributed by atoms with E-state index in [0.29, 0.717) is 12.0 Å². The predicted octanol–water partition coefficient (Wildman–Crippen LogP) is 3.70. The zero-order valence-electron chi connectivity index (χ0n) is 18.8. The standard InChI is InChI=1S/C25H35N5O/c1-19-18-30(14-15-31-19)24-16-20(12-13-27-24)17-28-25(26-2)29-23-10-8-22(9-11-23)21-6-4-3-5-7-21/h3-7,12-13,16,19,22-23H,8-11,14-15,17-18H2,1-2H3,(H2,26,28,29). The number of ether oxygens (including phenoxy) is 1. The summed E-state index contributed by atoms with van der Waals surface area (Å²) in [5.74, 6) is 2.59. The molecular weight excluding hydrogens is 386 g/mol. The summed E-state index contributed by atoms with van der Waals surface area (Å²) >= 11 is 0. The fraction of sp³-hybridized carbons (Fsp3) is 0.520. The van der Waals surface area contributed by atoms with Crippen molar-refractivity contribution in [2.45, 2.75) is 57.2 Å². The topological polar surface area (TPSA) is 61.8 Å². The first-order chi connectivity index (χ1) is 15.2. The van der Waals surface area contributed by atoms with Gasteiger partial charge in [-0.25, -0.2) is 4.98 Å². The lowest BCUT2D eigenvalue weighted by molar-refractivity contribution is 0.0529. The molecule has 0 radical (unpaired) electrons. The van der Waals surface area contributed by atoms with Gasteiger partial charge in [-0.2, -0.15) is 0 Å². The maximum Gasteiger partial charge on any atom is 0.191 e. The summed E-state index contributed by atoms with van der Waals surface area (Å²) < 4.78 is 5.65. The number of benzene rings is 1. The van der Waals surface area contributed by atoms with Crippen LogP contribution >= 0.6 is 0 Å². The van der Waals surface area contributed by atoms with Crippen LogP contribution in [0, 0.1) is 0 Å². The summed E-state index contributed by atoms with van der Waals surface area (Å²) in [6.07, 6.45) is 6.95. The van der Waals surface area contributed by atoms with Crippen LogP contribution in [-0.4, -0.2) is 49.8 Å². The van der Waals surface area contributed by atoms with Gasteiger partial charge in [-0.05, 0) is 61.8 Å². The van der Waals surface area contributed by atoms with Crippen molar-refractivity contribution < 1.29 is 4.74 Å². The van der Waals surface area contributed by atoms with Crippen molar-refractivity contribution in [2.75, 3.05) is 31.6 Å². The van der Waals surface area contributed by atoms with Gasteiger partial charge in [0.05, 0.1) is 12.7 Å². The first-order valence-electron chi connectivity index (χ1n) is 11.5. The Morgan fingerprint density at radius 3 is 2.71 bits per heavy atom. The van der Waals surface area contributed by atoms with Crippen LogP contribution in [0.2, 0.25) is 0 Å². The Morgan fingerprint density at radius 2 is 1.97 bits per heavy atom. The van der Waals surface area contributed by atoms with Crippen molar-refractivity contribution in [3.8, 4) is 0 Å². The third-order valence-electron chi connectivity index (χ3n) is 6.40. The van der Waals surface area contributed by atoms with Crippen LogP contribution in [0.5, 0.6) is 0 Å².